The van der Waals surface area contributed by atoms with Crippen LogP contribution < -0.4 is 5.32 Å². The van der Waals surface area contributed by atoms with Gasteiger partial charge in [0.15, 0.2) is 5.69 Å². The first-order chi connectivity index (χ1) is 9.99. The molecule has 1 aromatic rings. The monoisotopic (exact) mass is 315 g/mol. The molecule has 0 radical (unpaired) electrons. The van der Waals surface area contributed by atoms with Crippen LogP contribution in [0.3, 0.4) is 0 Å². The van der Waals surface area contributed by atoms with Gasteiger partial charge in [0, 0.05) is 25.4 Å². The van der Waals surface area contributed by atoms with Crippen molar-refractivity contribution in [3.05, 3.63) is 11.9 Å². The Morgan fingerprint density at radius 1 is 1.57 bits per heavy atom. The molecule has 0 aliphatic rings. The Balaban J connectivity index is 2.39. The number of amides is 2. The lowest BCUT2D eigenvalue weighted by Gasteiger charge is -2.26. The summed E-state index contributed by atoms with van der Waals surface area (Å²) in [5.41, 5.74) is -0.107. The number of hydrogen-bond donors (Lipinski definition) is 2. The molecule has 0 spiro atoms. The molecule has 118 valence electrons. The van der Waals surface area contributed by atoms with Crippen LogP contribution in [0.15, 0.2) is 6.20 Å². The number of carboxylic acids is 1. The van der Waals surface area contributed by atoms with Crippen LogP contribution in [0.2, 0.25) is 0 Å². The second-order valence-corrected chi connectivity index (χ2v) is 5.44. The number of hydrogen-bond acceptors (Lipinski definition) is 5. The van der Waals surface area contributed by atoms with Crippen molar-refractivity contribution in [2.24, 2.45) is 0 Å². The van der Waals surface area contributed by atoms with E-state index >= 15 is 0 Å². The molecule has 1 unspecified atom stereocenters. The molecule has 0 aliphatic heterocycles. The van der Waals surface area contributed by atoms with Gasteiger partial charge >= 0.3 is 12.0 Å². The van der Waals surface area contributed by atoms with Crippen LogP contribution in [0.5, 0.6) is 0 Å². The highest BCUT2D eigenvalue weighted by Gasteiger charge is 2.17. The van der Waals surface area contributed by atoms with Crippen molar-refractivity contribution in [2.45, 2.75) is 25.9 Å². The summed E-state index contributed by atoms with van der Waals surface area (Å²) in [5, 5.41) is 18.7. The van der Waals surface area contributed by atoms with Crippen LogP contribution in [-0.2, 0) is 6.54 Å². The molecule has 2 N–H and O–H groups in total. The minimum Gasteiger partial charge on any atom is -0.476 e. The first kappa shape index (κ1) is 17.3. The van der Waals surface area contributed by atoms with Crippen molar-refractivity contribution in [3.8, 4) is 0 Å². The van der Waals surface area contributed by atoms with E-state index in [1.165, 1.54) is 10.9 Å². The van der Waals surface area contributed by atoms with E-state index in [9.17, 15) is 9.59 Å². The van der Waals surface area contributed by atoms with Gasteiger partial charge in [-0.25, -0.2) is 14.3 Å². The van der Waals surface area contributed by atoms with Gasteiger partial charge in [-0.05, 0) is 12.7 Å². The van der Waals surface area contributed by atoms with Gasteiger partial charge in [0.2, 0.25) is 0 Å². The van der Waals surface area contributed by atoms with Gasteiger partial charge in [0.1, 0.15) is 0 Å². The van der Waals surface area contributed by atoms with E-state index in [1.54, 1.807) is 23.7 Å². The van der Waals surface area contributed by atoms with Crippen LogP contribution in [0.25, 0.3) is 0 Å². The topological polar surface area (TPSA) is 100 Å². The lowest BCUT2D eigenvalue weighted by molar-refractivity contribution is 0.0690. The number of nitrogens with one attached hydrogen (secondary N) is 1. The van der Waals surface area contributed by atoms with Gasteiger partial charge in [0.05, 0.1) is 12.7 Å². The van der Waals surface area contributed by atoms with Crippen molar-refractivity contribution >= 4 is 23.8 Å². The summed E-state index contributed by atoms with van der Waals surface area (Å²) in [6.45, 7) is 2.79. The number of carbonyl (C=O) groups is 2. The third-order valence-corrected chi connectivity index (χ3v) is 3.79. The molecular weight excluding hydrogens is 294 g/mol. The number of nitrogens with zero attached hydrogens (tertiary/aromatic N) is 4. The Morgan fingerprint density at radius 3 is 2.81 bits per heavy atom. The smallest absolute Gasteiger partial charge is 0.358 e. The number of carboxylic acid groups (broad SMARTS) is 1. The number of thioether (sulfide) groups is 1. The highest BCUT2D eigenvalue weighted by atomic mass is 32.2. The Bertz CT molecular complexity index is 479. The Labute approximate surface area is 127 Å². The van der Waals surface area contributed by atoms with E-state index in [-0.39, 0.29) is 17.8 Å². The molecule has 9 heteroatoms. The average molecular weight is 315 g/mol. The molecule has 0 bridgehead atoms. The maximum Gasteiger partial charge on any atom is 0.358 e. The number of rotatable bonds is 8. The zero-order chi connectivity index (χ0) is 15.8. The molecule has 8 nitrogen and oxygen atoms in total. The molecule has 0 saturated heterocycles. The number of aromatic carboxylic acids is 1. The molecule has 1 rings (SSSR count). The van der Waals surface area contributed by atoms with Gasteiger partial charge in [-0.3, -0.25) is 0 Å². The fourth-order valence-electron chi connectivity index (χ4n) is 1.77. The molecule has 0 saturated carbocycles. The van der Waals surface area contributed by atoms with Crippen molar-refractivity contribution in [3.63, 3.8) is 0 Å². The SMILES string of the molecule is CCC(CSC)N(C)C(=O)NCCn1cc(C(=O)O)nn1. The van der Waals surface area contributed by atoms with Gasteiger partial charge in [-0.1, -0.05) is 12.1 Å². The maximum absolute atomic E-state index is 12.0. The summed E-state index contributed by atoms with van der Waals surface area (Å²) in [5.74, 6) is -0.223. The van der Waals surface area contributed by atoms with E-state index in [0.29, 0.717) is 13.1 Å². The minimum absolute atomic E-state index is 0.107. The highest BCUT2D eigenvalue weighted by Crippen LogP contribution is 2.08. The predicted molar refractivity (Wildman–Crippen MR) is 80.6 cm³/mol. The molecular formula is C12H21N5O3S. The highest BCUT2D eigenvalue weighted by molar-refractivity contribution is 7.98. The fourth-order valence-corrected chi connectivity index (χ4v) is 2.61. The van der Waals surface area contributed by atoms with Crippen molar-refractivity contribution in [2.75, 3.05) is 25.6 Å². The van der Waals surface area contributed by atoms with E-state index in [0.717, 1.165) is 12.2 Å². The summed E-state index contributed by atoms with van der Waals surface area (Å²) < 4.78 is 1.39. The van der Waals surface area contributed by atoms with E-state index < -0.39 is 5.97 Å². The van der Waals surface area contributed by atoms with Crippen LogP contribution >= 0.6 is 11.8 Å². The number of carbonyl (C=O) groups excluding carboxylic acids is 1. The van der Waals surface area contributed by atoms with Crippen molar-refractivity contribution < 1.29 is 14.7 Å². The summed E-state index contributed by atoms with van der Waals surface area (Å²) in [7, 11) is 1.78. The normalized spacial score (nSPS) is 12.0. The first-order valence-electron chi connectivity index (χ1n) is 6.62. The third kappa shape index (κ3) is 5.25. The molecule has 0 aromatic carbocycles. The van der Waals surface area contributed by atoms with Gasteiger partial charge < -0.3 is 15.3 Å². The second-order valence-electron chi connectivity index (χ2n) is 4.53. The van der Waals surface area contributed by atoms with Crippen molar-refractivity contribution in [1.82, 2.24) is 25.2 Å². The average Bonchev–Trinajstić information content (AvgIpc) is 2.93. The van der Waals surface area contributed by atoms with E-state index in [1.807, 2.05) is 13.2 Å². The summed E-state index contributed by atoms with van der Waals surface area (Å²) >= 11 is 1.71. The van der Waals surface area contributed by atoms with E-state index in [4.69, 9.17) is 5.11 Å². The Kier molecular flexibility index (Phi) is 7.00. The minimum atomic E-state index is -1.12. The zero-order valence-corrected chi connectivity index (χ0v) is 13.3. The molecule has 1 heterocycles. The van der Waals surface area contributed by atoms with Gasteiger partial charge in [0.25, 0.3) is 0 Å². The largest absolute Gasteiger partial charge is 0.476 e. The standard InChI is InChI=1S/C12H21N5O3S/c1-4-9(8-21-3)16(2)12(20)13-5-6-17-7-10(11(18)19)14-15-17/h7,9H,4-6,8H2,1-3H3,(H,13,20)(H,18,19). The molecule has 21 heavy (non-hydrogen) atoms. The lowest BCUT2D eigenvalue weighted by atomic mass is 10.2. The molecule has 1 atom stereocenters. The number of aromatic nitrogens is 3. The molecule has 2 amide bonds. The first-order valence-corrected chi connectivity index (χ1v) is 8.02. The van der Waals surface area contributed by atoms with Crippen LogP contribution in [0.1, 0.15) is 23.8 Å². The van der Waals surface area contributed by atoms with Crippen LogP contribution in [-0.4, -0.2) is 68.6 Å². The van der Waals surface area contributed by atoms with Crippen LogP contribution in [0, 0.1) is 0 Å². The lowest BCUT2D eigenvalue weighted by Crippen LogP contribution is -2.45. The predicted octanol–water partition coefficient (Wildman–Crippen LogP) is 0.759. The van der Waals surface area contributed by atoms with Crippen molar-refractivity contribution in [1.29, 1.82) is 0 Å². The summed E-state index contributed by atoms with van der Waals surface area (Å²) in [6, 6.07) is 0.0551. The zero-order valence-electron chi connectivity index (χ0n) is 12.4. The summed E-state index contributed by atoms with van der Waals surface area (Å²) in [4.78, 5) is 24.3. The van der Waals surface area contributed by atoms with Gasteiger partial charge in [-0.15, -0.1) is 5.10 Å². The Morgan fingerprint density at radius 2 is 2.29 bits per heavy atom. The second kappa shape index (κ2) is 8.50. The van der Waals surface area contributed by atoms with E-state index in [2.05, 4.69) is 15.6 Å². The summed E-state index contributed by atoms with van der Waals surface area (Å²) in [6.07, 6.45) is 4.25. The molecule has 0 aliphatic carbocycles. The van der Waals surface area contributed by atoms with Crippen LogP contribution in [0.4, 0.5) is 4.79 Å². The Hall–Kier alpha value is -1.77. The fraction of sp³-hybridized carbons (Fsp3) is 0.667. The van der Waals surface area contributed by atoms with Gasteiger partial charge in [-0.2, -0.15) is 11.8 Å². The molecule has 1 aromatic heterocycles. The quantitative estimate of drug-likeness (QED) is 0.734. The third-order valence-electron chi connectivity index (χ3n) is 3.07. The maximum atomic E-state index is 12.0. The molecule has 0 fully saturated rings. The number of urea groups is 1.